The van der Waals surface area contributed by atoms with Crippen molar-refractivity contribution in [2.45, 2.75) is 52.5 Å². The van der Waals surface area contributed by atoms with E-state index >= 15 is 0 Å². The highest BCUT2D eigenvalue weighted by Crippen LogP contribution is 2.25. The summed E-state index contributed by atoms with van der Waals surface area (Å²) in [5.41, 5.74) is 0.450. The summed E-state index contributed by atoms with van der Waals surface area (Å²) in [5.74, 6) is -3.85. The van der Waals surface area contributed by atoms with Crippen LogP contribution in [0.15, 0.2) is 23.8 Å². The van der Waals surface area contributed by atoms with Crippen molar-refractivity contribution in [1.82, 2.24) is 10.4 Å². The molecule has 1 unspecified atom stereocenters. The predicted molar refractivity (Wildman–Crippen MR) is 89.2 cm³/mol. The fraction of sp³-hybridized carbons (Fsp3) is 0.556. The maximum atomic E-state index is 12.9. The molecule has 0 aromatic rings. The number of carbonyl (C=O) groups excluding carboxylic acids is 4. The molecule has 1 saturated heterocycles. The first-order valence-corrected chi connectivity index (χ1v) is 8.33. The predicted octanol–water partition coefficient (Wildman–Crippen LogP) is 1.52. The molecule has 2 N–H and O–H groups in total. The van der Waals surface area contributed by atoms with Crippen LogP contribution in [0.5, 0.6) is 0 Å². The molecule has 3 amide bonds. The zero-order valence-corrected chi connectivity index (χ0v) is 14.7. The average molecular weight is 348 g/mol. The molecule has 0 radical (unpaired) electrons. The van der Waals surface area contributed by atoms with Gasteiger partial charge in [-0.1, -0.05) is 39.0 Å². The van der Waals surface area contributed by atoms with E-state index in [2.05, 4.69) is 5.32 Å². The maximum Gasteiger partial charge on any atom is 0.264 e. The van der Waals surface area contributed by atoms with Crippen LogP contribution >= 0.6 is 0 Å². The van der Waals surface area contributed by atoms with Gasteiger partial charge in [0.15, 0.2) is 5.78 Å². The molecule has 2 aliphatic rings. The zero-order valence-electron chi connectivity index (χ0n) is 14.7. The van der Waals surface area contributed by atoms with Gasteiger partial charge in [0.25, 0.3) is 11.8 Å². The number of ketones is 1. The second-order valence-corrected chi connectivity index (χ2v) is 7.63. The summed E-state index contributed by atoms with van der Waals surface area (Å²) in [4.78, 5) is 48.6. The van der Waals surface area contributed by atoms with Gasteiger partial charge in [0.2, 0.25) is 5.91 Å². The number of amides is 3. The lowest BCUT2D eigenvalue weighted by Crippen LogP contribution is -2.47. The van der Waals surface area contributed by atoms with Crippen molar-refractivity contribution in [2.75, 3.05) is 0 Å². The number of Topliss-reactive ketones (excluding diaryl/α,β-unsaturated/α-hetero) is 1. The summed E-state index contributed by atoms with van der Waals surface area (Å²) in [7, 11) is 0. The van der Waals surface area contributed by atoms with E-state index in [-0.39, 0.29) is 29.2 Å². The molecule has 0 bridgehead atoms. The van der Waals surface area contributed by atoms with Gasteiger partial charge in [0.1, 0.15) is 12.0 Å². The van der Waals surface area contributed by atoms with Gasteiger partial charge in [0, 0.05) is 12.8 Å². The number of allylic oxidation sites excluding steroid dienone is 3. The van der Waals surface area contributed by atoms with Gasteiger partial charge in [-0.3, -0.25) is 24.4 Å². The minimum absolute atomic E-state index is 0.00818. The van der Waals surface area contributed by atoms with Gasteiger partial charge < -0.3 is 5.32 Å². The number of carbonyl (C=O) groups is 4. The number of hydrogen-bond acceptors (Lipinski definition) is 5. The topological polar surface area (TPSA) is 104 Å². The molecule has 0 aromatic carbocycles. The SMILES string of the molecule is CC(C)(C)CC(=O)N[C@@H](C(=O)C1CC(=O)N(O)C1=O)C1=CCC=CC1. The minimum atomic E-state index is -1.26. The van der Waals surface area contributed by atoms with Crippen molar-refractivity contribution in [3.8, 4) is 0 Å². The number of rotatable bonds is 5. The van der Waals surface area contributed by atoms with Crippen LogP contribution < -0.4 is 5.32 Å². The lowest BCUT2D eigenvalue weighted by Gasteiger charge is -2.25. The lowest BCUT2D eigenvalue weighted by molar-refractivity contribution is -0.172. The average Bonchev–Trinajstić information content (AvgIpc) is 2.79. The zero-order chi connectivity index (χ0) is 18.8. The number of imide groups is 1. The highest BCUT2D eigenvalue weighted by atomic mass is 16.5. The van der Waals surface area contributed by atoms with Crippen LogP contribution in [-0.4, -0.2) is 39.8 Å². The molecular formula is C18H24N2O5. The van der Waals surface area contributed by atoms with Crippen molar-refractivity contribution < 1.29 is 24.4 Å². The quantitative estimate of drug-likeness (QED) is 0.339. The lowest BCUT2D eigenvalue weighted by atomic mass is 9.87. The van der Waals surface area contributed by atoms with Crippen LogP contribution in [0, 0.1) is 11.3 Å². The molecule has 7 heteroatoms. The van der Waals surface area contributed by atoms with E-state index in [4.69, 9.17) is 0 Å². The third kappa shape index (κ3) is 4.63. The molecule has 136 valence electrons. The molecule has 0 spiro atoms. The Balaban J connectivity index is 2.21. The Bertz CT molecular complexity index is 657. The van der Waals surface area contributed by atoms with Crippen LogP contribution in [-0.2, 0) is 19.2 Å². The standard InChI is InChI=1S/C18H24N2O5/c1-18(2,3)10-13(21)19-15(11-7-5-4-6-8-11)16(23)12-9-14(22)20(25)17(12)24/h4-5,8,12,15,25H,6-7,9-10H2,1-3H3,(H,19,21)/t12?,15-/m1/s1. The van der Waals surface area contributed by atoms with E-state index < -0.39 is 29.6 Å². The third-order valence-corrected chi connectivity index (χ3v) is 4.15. The van der Waals surface area contributed by atoms with E-state index in [1.807, 2.05) is 39.0 Å². The molecule has 1 fully saturated rings. The Morgan fingerprint density at radius 1 is 1.32 bits per heavy atom. The molecule has 1 aliphatic carbocycles. The summed E-state index contributed by atoms with van der Waals surface area (Å²) in [6.07, 6.45) is 6.67. The summed E-state index contributed by atoms with van der Waals surface area (Å²) in [6, 6.07) is -0.965. The number of hydroxylamine groups is 2. The molecule has 0 saturated carbocycles. The molecule has 1 aliphatic heterocycles. The highest BCUT2D eigenvalue weighted by Gasteiger charge is 2.45. The van der Waals surface area contributed by atoms with Crippen molar-refractivity contribution in [1.29, 1.82) is 0 Å². The largest absolute Gasteiger partial charge is 0.342 e. The Morgan fingerprint density at radius 3 is 2.48 bits per heavy atom. The molecular weight excluding hydrogens is 324 g/mol. The monoisotopic (exact) mass is 348 g/mol. The third-order valence-electron chi connectivity index (χ3n) is 4.15. The fourth-order valence-electron chi connectivity index (χ4n) is 2.94. The van der Waals surface area contributed by atoms with Crippen LogP contribution in [0.1, 0.15) is 46.5 Å². The Labute approximate surface area is 146 Å². The Morgan fingerprint density at radius 2 is 2.00 bits per heavy atom. The number of nitrogens with one attached hydrogen (secondary N) is 1. The number of nitrogens with zero attached hydrogens (tertiary/aromatic N) is 1. The second kappa shape index (κ2) is 7.31. The first-order chi connectivity index (χ1) is 11.6. The highest BCUT2D eigenvalue weighted by molar-refractivity contribution is 6.15. The molecule has 1 heterocycles. The van der Waals surface area contributed by atoms with Gasteiger partial charge >= 0.3 is 0 Å². The summed E-state index contributed by atoms with van der Waals surface area (Å²) >= 11 is 0. The minimum Gasteiger partial charge on any atom is -0.342 e. The van der Waals surface area contributed by atoms with Crippen LogP contribution in [0.25, 0.3) is 0 Å². The first-order valence-electron chi connectivity index (χ1n) is 8.33. The van der Waals surface area contributed by atoms with Crippen LogP contribution in [0.4, 0.5) is 0 Å². The van der Waals surface area contributed by atoms with Crippen molar-refractivity contribution >= 4 is 23.5 Å². The molecule has 7 nitrogen and oxygen atoms in total. The normalized spacial score (nSPS) is 22.0. The van der Waals surface area contributed by atoms with E-state index in [1.54, 1.807) is 0 Å². The smallest absolute Gasteiger partial charge is 0.264 e. The van der Waals surface area contributed by atoms with E-state index in [0.29, 0.717) is 18.4 Å². The molecule has 25 heavy (non-hydrogen) atoms. The second-order valence-electron chi connectivity index (χ2n) is 7.63. The number of hydrogen-bond donors (Lipinski definition) is 2. The van der Waals surface area contributed by atoms with Crippen molar-refractivity contribution in [3.63, 3.8) is 0 Å². The Hall–Kier alpha value is -2.28. The summed E-state index contributed by atoms with van der Waals surface area (Å²) in [6.45, 7) is 5.73. The summed E-state index contributed by atoms with van der Waals surface area (Å²) < 4.78 is 0. The van der Waals surface area contributed by atoms with Gasteiger partial charge in [-0.05, 0) is 23.8 Å². The van der Waals surface area contributed by atoms with Crippen molar-refractivity contribution in [2.24, 2.45) is 11.3 Å². The van der Waals surface area contributed by atoms with E-state index in [1.165, 1.54) is 0 Å². The molecule has 0 aromatic heterocycles. The molecule has 2 atom stereocenters. The van der Waals surface area contributed by atoms with Gasteiger partial charge in [-0.25, -0.2) is 0 Å². The summed E-state index contributed by atoms with van der Waals surface area (Å²) in [5, 5.41) is 12.1. The van der Waals surface area contributed by atoms with Gasteiger partial charge in [0.05, 0.1) is 0 Å². The van der Waals surface area contributed by atoms with Crippen LogP contribution in [0.3, 0.4) is 0 Å². The Kier molecular flexibility index (Phi) is 5.57. The maximum absolute atomic E-state index is 12.9. The fourth-order valence-corrected chi connectivity index (χ4v) is 2.94. The first kappa shape index (κ1) is 19.1. The van der Waals surface area contributed by atoms with Gasteiger partial charge in [-0.2, -0.15) is 5.06 Å². The van der Waals surface area contributed by atoms with E-state index in [0.717, 1.165) is 0 Å². The van der Waals surface area contributed by atoms with E-state index in [9.17, 15) is 24.4 Å². The van der Waals surface area contributed by atoms with Crippen molar-refractivity contribution in [3.05, 3.63) is 23.8 Å². The van der Waals surface area contributed by atoms with Crippen LogP contribution in [0.2, 0.25) is 0 Å². The molecule has 2 rings (SSSR count). The van der Waals surface area contributed by atoms with Gasteiger partial charge in [-0.15, -0.1) is 0 Å².